The Morgan fingerprint density at radius 1 is 0.406 bits per heavy atom. The van der Waals surface area contributed by atoms with E-state index < -0.39 is 17.9 Å². The minimum Gasteiger partial charge on any atom is -0.494 e. The molecule has 5 rings (SSSR count). The van der Waals surface area contributed by atoms with Crippen LogP contribution in [0, 0.1) is 6.92 Å². The van der Waals surface area contributed by atoms with Crippen molar-refractivity contribution in [1.29, 1.82) is 0 Å². The van der Waals surface area contributed by atoms with Gasteiger partial charge in [0.2, 0.25) is 0 Å². The quantitative estimate of drug-likeness (QED) is 0.0176. The van der Waals surface area contributed by atoms with Gasteiger partial charge in [-0.05, 0) is 123 Å². The maximum absolute atomic E-state index is 13.3. The maximum Gasteiger partial charge on any atom is 0.343 e. The van der Waals surface area contributed by atoms with E-state index in [2.05, 4.69) is 24.1 Å². The van der Waals surface area contributed by atoms with Crippen LogP contribution in [-0.4, -0.2) is 31.1 Å². The van der Waals surface area contributed by atoms with Gasteiger partial charge in [0.15, 0.2) is 0 Å². The monoisotopic (exact) mass is 939 g/mol. The van der Waals surface area contributed by atoms with Crippen LogP contribution in [0.25, 0.3) is 0 Å². The van der Waals surface area contributed by atoms with Crippen molar-refractivity contribution < 1.29 is 38.1 Å². The van der Waals surface area contributed by atoms with Crippen molar-refractivity contribution in [2.45, 2.75) is 156 Å². The van der Waals surface area contributed by atoms with Gasteiger partial charge >= 0.3 is 17.9 Å². The molecule has 69 heavy (non-hydrogen) atoms. The summed E-state index contributed by atoms with van der Waals surface area (Å²) in [7, 11) is 0. The van der Waals surface area contributed by atoms with Gasteiger partial charge in [-0.25, -0.2) is 14.4 Å². The highest BCUT2D eigenvalue weighted by Crippen LogP contribution is 2.30. The van der Waals surface area contributed by atoms with Crippen LogP contribution in [0.4, 0.5) is 11.4 Å². The molecule has 0 amide bonds. The van der Waals surface area contributed by atoms with Crippen molar-refractivity contribution in [2.24, 2.45) is 10.2 Å². The third kappa shape index (κ3) is 20.9. The molecule has 0 aliphatic rings. The van der Waals surface area contributed by atoms with E-state index in [0.29, 0.717) is 64.1 Å². The minimum atomic E-state index is -0.549. The zero-order valence-corrected chi connectivity index (χ0v) is 41.4. The number of unbranched alkanes of at least 4 members (excludes halogenated alkanes) is 18. The first-order valence-electron chi connectivity index (χ1n) is 25.6. The van der Waals surface area contributed by atoms with Crippen LogP contribution in [0.2, 0.25) is 0 Å². The lowest BCUT2D eigenvalue weighted by molar-refractivity contribution is 0.0471. The SMILES string of the molecule is CCCCCCCCCCCCOc1ccc(C(=O)OCc2cc(OC(=O)c3ccc(OCCCCCCCCCCCC)cc3)ccc2N=Nc2ccc(OC(=O)c3ccc(C)cc3)cc2)cc1. The molecule has 10 heteroatoms. The van der Waals surface area contributed by atoms with Crippen LogP contribution >= 0.6 is 0 Å². The average Bonchev–Trinajstić information content (AvgIpc) is 3.37. The molecule has 0 aliphatic carbocycles. The van der Waals surface area contributed by atoms with E-state index in [0.717, 1.165) is 31.2 Å². The zero-order valence-electron chi connectivity index (χ0n) is 41.4. The molecular formula is C59H74N2O8. The smallest absolute Gasteiger partial charge is 0.343 e. The van der Waals surface area contributed by atoms with Gasteiger partial charge in [-0.3, -0.25) is 0 Å². The van der Waals surface area contributed by atoms with E-state index in [1.807, 2.05) is 19.1 Å². The van der Waals surface area contributed by atoms with Crippen LogP contribution in [0.15, 0.2) is 125 Å². The van der Waals surface area contributed by atoms with Crippen molar-refractivity contribution in [1.82, 2.24) is 0 Å². The number of rotatable bonds is 33. The molecule has 0 spiro atoms. The predicted octanol–water partition coefficient (Wildman–Crippen LogP) is 16.8. The molecule has 0 fully saturated rings. The Bertz CT molecular complexity index is 2270. The van der Waals surface area contributed by atoms with Crippen molar-refractivity contribution in [3.05, 3.63) is 143 Å². The molecule has 368 valence electrons. The molecule has 0 aliphatic heterocycles. The molecule has 5 aromatic rings. The lowest BCUT2D eigenvalue weighted by atomic mass is 10.1. The van der Waals surface area contributed by atoms with Crippen molar-refractivity contribution in [3.8, 4) is 23.0 Å². The first-order valence-corrected chi connectivity index (χ1v) is 25.6. The lowest BCUT2D eigenvalue weighted by Gasteiger charge is -2.11. The normalized spacial score (nSPS) is 11.1. The second-order valence-electron chi connectivity index (χ2n) is 17.8. The van der Waals surface area contributed by atoms with Gasteiger partial charge < -0.3 is 23.7 Å². The number of nitrogens with zero attached hydrogens (tertiary/aromatic N) is 2. The number of esters is 3. The summed E-state index contributed by atoms with van der Waals surface area (Å²) in [4.78, 5) is 39.2. The van der Waals surface area contributed by atoms with Crippen LogP contribution in [0.5, 0.6) is 23.0 Å². The van der Waals surface area contributed by atoms with E-state index in [9.17, 15) is 14.4 Å². The third-order valence-electron chi connectivity index (χ3n) is 11.9. The van der Waals surface area contributed by atoms with E-state index in [-0.39, 0.29) is 12.4 Å². The van der Waals surface area contributed by atoms with E-state index in [4.69, 9.17) is 23.7 Å². The number of hydrogen-bond donors (Lipinski definition) is 0. The van der Waals surface area contributed by atoms with Gasteiger partial charge in [-0.2, -0.15) is 10.2 Å². The fourth-order valence-corrected chi connectivity index (χ4v) is 7.71. The number of carbonyl (C=O) groups is 3. The molecule has 5 aromatic carbocycles. The summed E-state index contributed by atoms with van der Waals surface area (Å²) >= 11 is 0. The molecule has 0 atom stereocenters. The predicted molar refractivity (Wildman–Crippen MR) is 275 cm³/mol. The van der Waals surface area contributed by atoms with Crippen LogP contribution < -0.4 is 18.9 Å². The third-order valence-corrected chi connectivity index (χ3v) is 11.9. The molecule has 0 saturated carbocycles. The largest absolute Gasteiger partial charge is 0.494 e. The summed E-state index contributed by atoms with van der Waals surface area (Å²) < 4.78 is 29.0. The van der Waals surface area contributed by atoms with Crippen LogP contribution in [-0.2, 0) is 11.3 Å². The van der Waals surface area contributed by atoms with Crippen LogP contribution in [0.3, 0.4) is 0 Å². The molecular weight excluding hydrogens is 865 g/mol. The zero-order chi connectivity index (χ0) is 48.7. The summed E-state index contributed by atoms with van der Waals surface area (Å²) in [5.74, 6) is 0.455. The van der Waals surface area contributed by atoms with Gasteiger partial charge in [0, 0.05) is 5.56 Å². The second kappa shape index (κ2) is 31.7. The first kappa shape index (κ1) is 53.7. The Morgan fingerprint density at radius 2 is 0.797 bits per heavy atom. The van der Waals surface area contributed by atoms with Crippen LogP contribution in [0.1, 0.15) is 184 Å². The fourth-order valence-electron chi connectivity index (χ4n) is 7.71. The number of benzene rings is 5. The van der Waals surface area contributed by atoms with E-state index in [1.165, 1.54) is 103 Å². The minimum absolute atomic E-state index is 0.172. The first-order chi connectivity index (χ1) is 33.8. The second-order valence-corrected chi connectivity index (χ2v) is 17.8. The molecule has 10 nitrogen and oxygen atoms in total. The Morgan fingerprint density at radius 3 is 1.28 bits per heavy atom. The molecule has 0 aromatic heterocycles. The number of hydrogen-bond acceptors (Lipinski definition) is 10. The molecule has 0 N–H and O–H groups in total. The summed E-state index contributed by atoms with van der Waals surface area (Å²) in [5.41, 5.74) is 3.59. The summed E-state index contributed by atoms with van der Waals surface area (Å²) in [6, 6.07) is 32.5. The standard InChI is InChI=1S/C59H74N2O8/c1-4-6-8-10-12-14-16-18-20-22-42-65-52-34-28-47(29-35-52)57(62)67-45-50-44-55(69-59(64)49-30-36-53(37-31-49)66-43-23-21-19-17-15-13-11-9-7-5-2)40-41-56(50)61-60-51-32-38-54(39-33-51)68-58(63)48-26-24-46(3)25-27-48/h24-41,44H,4-23,42-43,45H2,1-3H3. The summed E-state index contributed by atoms with van der Waals surface area (Å²) in [6.07, 6.45) is 25.2. The Balaban J connectivity index is 1.15. The number of azo groups is 1. The van der Waals surface area contributed by atoms with E-state index in [1.54, 1.807) is 103 Å². The maximum atomic E-state index is 13.3. The Labute approximate surface area is 411 Å². The molecule has 0 heterocycles. The number of aryl methyl sites for hydroxylation is 1. The van der Waals surface area contributed by atoms with Gasteiger partial charge in [-0.15, -0.1) is 0 Å². The Kier molecular flexibility index (Phi) is 24.7. The lowest BCUT2D eigenvalue weighted by Crippen LogP contribution is -2.09. The van der Waals surface area contributed by atoms with Crippen molar-refractivity contribution in [2.75, 3.05) is 13.2 Å². The summed E-state index contributed by atoms with van der Waals surface area (Å²) in [5, 5.41) is 8.85. The topological polar surface area (TPSA) is 122 Å². The highest BCUT2D eigenvalue weighted by molar-refractivity contribution is 5.92. The van der Waals surface area contributed by atoms with Gasteiger partial charge in [0.25, 0.3) is 0 Å². The molecule has 0 saturated heterocycles. The highest BCUT2D eigenvalue weighted by atomic mass is 16.5. The van der Waals surface area contributed by atoms with Crippen molar-refractivity contribution >= 4 is 29.3 Å². The Hall–Kier alpha value is -6.29. The molecule has 0 radical (unpaired) electrons. The van der Waals surface area contributed by atoms with Gasteiger partial charge in [-0.1, -0.05) is 147 Å². The molecule has 0 bridgehead atoms. The highest BCUT2D eigenvalue weighted by Gasteiger charge is 2.15. The van der Waals surface area contributed by atoms with Gasteiger partial charge in [0.05, 0.1) is 41.3 Å². The number of carbonyl (C=O) groups excluding carboxylic acids is 3. The van der Waals surface area contributed by atoms with E-state index >= 15 is 0 Å². The van der Waals surface area contributed by atoms with Crippen molar-refractivity contribution in [3.63, 3.8) is 0 Å². The fraction of sp³-hybridized carbons (Fsp3) is 0.441. The number of ether oxygens (including phenoxy) is 5. The average molecular weight is 939 g/mol. The van der Waals surface area contributed by atoms with Gasteiger partial charge in [0.1, 0.15) is 29.6 Å². The summed E-state index contributed by atoms with van der Waals surface area (Å²) in [6.45, 7) is 7.54. The molecule has 0 unspecified atom stereocenters.